The first-order chi connectivity index (χ1) is 20.0. The van der Waals surface area contributed by atoms with Crippen LogP contribution in [0.2, 0.25) is 0 Å². The Labute approximate surface area is 244 Å². The molecule has 4 aromatic rings. The van der Waals surface area contributed by atoms with Crippen molar-refractivity contribution in [3.63, 3.8) is 0 Å². The smallest absolute Gasteiger partial charge is 0.252 e. The second-order valence-corrected chi connectivity index (χ2v) is 11.2. The van der Waals surface area contributed by atoms with E-state index >= 15 is 0 Å². The van der Waals surface area contributed by atoms with E-state index in [0.717, 1.165) is 66.1 Å². The van der Waals surface area contributed by atoms with Crippen LogP contribution in [0.4, 0.5) is 4.39 Å². The number of rotatable bonds is 10. The number of hydrogen-bond acceptors (Lipinski definition) is 6. The molecule has 0 saturated carbocycles. The molecule has 9 heteroatoms. The number of fused-ring (bicyclic) bond motifs is 1. The van der Waals surface area contributed by atoms with E-state index in [1.165, 1.54) is 35.5 Å². The van der Waals surface area contributed by atoms with Crippen molar-refractivity contribution in [2.24, 2.45) is 0 Å². The summed E-state index contributed by atoms with van der Waals surface area (Å²) in [5, 5.41) is 8.59. The van der Waals surface area contributed by atoms with Crippen molar-refractivity contribution < 1.29 is 13.9 Å². The first kappa shape index (κ1) is 29.0. The van der Waals surface area contributed by atoms with Gasteiger partial charge >= 0.3 is 0 Å². The Morgan fingerprint density at radius 1 is 1.15 bits per heavy atom. The molecule has 7 nitrogen and oxygen atoms in total. The van der Waals surface area contributed by atoms with Crippen LogP contribution in [-0.4, -0.2) is 52.3 Å². The van der Waals surface area contributed by atoms with Crippen LogP contribution in [-0.2, 0) is 11.3 Å². The molecule has 5 rings (SSSR count). The fourth-order valence-electron chi connectivity index (χ4n) is 4.99. The third kappa shape index (κ3) is 6.86. The highest BCUT2D eigenvalue weighted by atomic mass is 32.2. The average molecular weight is 574 g/mol. The number of carbonyl (C=O) groups is 1. The van der Waals surface area contributed by atoms with E-state index in [4.69, 9.17) is 9.84 Å². The summed E-state index contributed by atoms with van der Waals surface area (Å²) in [6, 6.07) is 14.4. The standard InChI is InChI=1S/C32H36FN5O2S/c1-4-37(5-2)21-22-9-11-24(35-20-22)12-16-28-26-15-13-25(19-29(26)38(36-28)31-8-6-7-17-40-31)41-30-18-23(33)10-14-27(30)32(39)34-3/h9-16,18-20,31H,4-8,17,21H2,1-3H3,(H,34,39)/b16-12+. The first-order valence-electron chi connectivity index (χ1n) is 14.2. The highest BCUT2D eigenvalue weighted by molar-refractivity contribution is 7.99. The molecule has 2 aromatic heterocycles. The van der Waals surface area contributed by atoms with E-state index in [2.05, 4.69) is 35.1 Å². The Morgan fingerprint density at radius 3 is 2.71 bits per heavy atom. The van der Waals surface area contributed by atoms with Crippen molar-refractivity contribution in [2.75, 3.05) is 26.7 Å². The lowest BCUT2D eigenvalue weighted by atomic mass is 10.1. The number of nitrogens with one attached hydrogen (secondary N) is 1. The van der Waals surface area contributed by atoms with Gasteiger partial charge in [-0.2, -0.15) is 5.10 Å². The van der Waals surface area contributed by atoms with Crippen LogP contribution in [0.1, 0.15) is 66.6 Å². The highest BCUT2D eigenvalue weighted by Crippen LogP contribution is 2.36. The summed E-state index contributed by atoms with van der Waals surface area (Å²) in [6.45, 7) is 7.95. The molecule has 2 aromatic carbocycles. The first-order valence-corrected chi connectivity index (χ1v) is 15.0. The van der Waals surface area contributed by atoms with Gasteiger partial charge in [0.25, 0.3) is 5.91 Å². The molecule has 41 heavy (non-hydrogen) atoms. The zero-order valence-electron chi connectivity index (χ0n) is 23.8. The van der Waals surface area contributed by atoms with Crippen molar-refractivity contribution >= 4 is 40.7 Å². The molecule has 1 atom stereocenters. The maximum absolute atomic E-state index is 14.1. The van der Waals surface area contributed by atoms with Gasteiger partial charge in [-0.15, -0.1) is 0 Å². The van der Waals surface area contributed by atoms with Crippen LogP contribution in [0.3, 0.4) is 0 Å². The molecule has 0 bridgehead atoms. The summed E-state index contributed by atoms with van der Waals surface area (Å²) < 4.78 is 22.2. The maximum Gasteiger partial charge on any atom is 0.252 e. The number of benzene rings is 2. The lowest BCUT2D eigenvalue weighted by Crippen LogP contribution is -2.22. The quantitative estimate of drug-likeness (QED) is 0.225. The summed E-state index contributed by atoms with van der Waals surface area (Å²) in [7, 11) is 1.57. The summed E-state index contributed by atoms with van der Waals surface area (Å²) in [5.74, 6) is -0.639. The van der Waals surface area contributed by atoms with Crippen molar-refractivity contribution in [3.05, 3.63) is 83.1 Å². The monoisotopic (exact) mass is 573 g/mol. The molecule has 0 radical (unpaired) electrons. The Hall–Kier alpha value is -3.53. The molecule has 3 heterocycles. The predicted molar refractivity (Wildman–Crippen MR) is 162 cm³/mol. The Bertz CT molecular complexity index is 1530. The fraction of sp³-hybridized carbons (Fsp3) is 0.344. The molecule has 1 amide bonds. The molecule has 214 valence electrons. The van der Waals surface area contributed by atoms with Crippen LogP contribution >= 0.6 is 11.8 Å². The fourth-order valence-corrected chi connectivity index (χ4v) is 5.99. The minimum absolute atomic E-state index is 0.151. The number of aromatic nitrogens is 3. The lowest BCUT2D eigenvalue weighted by molar-refractivity contribution is -0.0367. The number of pyridine rings is 1. The van der Waals surface area contributed by atoms with Gasteiger partial charge in [-0.25, -0.2) is 9.07 Å². The van der Waals surface area contributed by atoms with Crippen molar-refractivity contribution in [1.82, 2.24) is 25.0 Å². The number of amides is 1. The van der Waals surface area contributed by atoms with Crippen LogP contribution in [0.5, 0.6) is 0 Å². The SMILES string of the molecule is CCN(CC)Cc1ccc(/C=C/c2nn(C3CCCCO3)c3cc(Sc4cc(F)ccc4C(=O)NC)ccc23)nc1. The summed E-state index contributed by atoms with van der Waals surface area (Å²) in [6.07, 6.45) is 8.78. The van der Waals surface area contributed by atoms with Gasteiger partial charge < -0.3 is 10.1 Å². The van der Waals surface area contributed by atoms with Gasteiger partial charge in [0.15, 0.2) is 6.23 Å². The van der Waals surface area contributed by atoms with E-state index in [-0.39, 0.29) is 18.0 Å². The van der Waals surface area contributed by atoms with E-state index in [1.54, 1.807) is 7.05 Å². The minimum Gasteiger partial charge on any atom is -0.356 e. The Morgan fingerprint density at radius 2 is 2.00 bits per heavy atom. The Kier molecular flexibility index (Phi) is 9.49. The normalized spacial score (nSPS) is 15.7. The van der Waals surface area contributed by atoms with Crippen LogP contribution in [0.15, 0.2) is 64.5 Å². The average Bonchev–Trinajstić information content (AvgIpc) is 3.37. The molecular formula is C32H36FN5O2S. The Balaban J connectivity index is 1.46. The number of carbonyl (C=O) groups excluding carboxylic acids is 1. The summed E-state index contributed by atoms with van der Waals surface area (Å²) in [4.78, 5) is 20.8. The third-order valence-electron chi connectivity index (χ3n) is 7.34. The van der Waals surface area contributed by atoms with Crippen molar-refractivity contribution in [3.8, 4) is 0 Å². The van der Waals surface area contributed by atoms with Crippen molar-refractivity contribution in [2.45, 2.75) is 55.7 Å². The van der Waals surface area contributed by atoms with Crippen LogP contribution in [0.25, 0.3) is 23.1 Å². The van der Waals surface area contributed by atoms with Gasteiger partial charge in [-0.1, -0.05) is 31.7 Å². The molecule has 1 fully saturated rings. The van der Waals surface area contributed by atoms with E-state index in [0.29, 0.717) is 17.1 Å². The van der Waals surface area contributed by atoms with E-state index in [9.17, 15) is 9.18 Å². The van der Waals surface area contributed by atoms with Gasteiger partial charge in [-0.05, 0) is 92.5 Å². The largest absolute Gasteiger partial charge is 0.356 e. The van der Waals surface area contributed by atoms with E-state index < -0.39 is 0 Å². The van der Waals surface area contributed by atoms with Gasteiger partial charge in [0.05, 0.1) is 22.5 Å². The zero-order valence-corrected chi connectivity index (χ0v) is 24.6. The number of ether oxygens (including phenoxy) is 1. The molecular weight excluding hydrogens is 537 g/mol. The van der Waals surface area contributed by atoms with Crippen LogP contribution < -0.4 is 5.32 Å². The summed E-state index contributed by atoms with van der Waals surface area (Å²) >= 11 is 1.36. The molecule has 0 spiro atoms. The minimum atomic E-state index is -0.385. The van der Waals surface area contributed by atoms with Gasteiger partial charge in [0.1, 0.15) is 5.82 Å². The molecule has 1 unspecified atom stereocenters. The zero-order chi connectivity index (χ0) is 28.8. The molecule has 1 aliphatic rings. The predicted octanol–water partition coefficient (Wildman–Crippen LogP) is 6.79. The second kappa shape index (κ2) is 13.4. The molecule has 1 aliphatic heterocycles. The van der Waals surface area contributed by atoms with Gasteiger partial charge in [0.2, 0.25) is 0 Å². The summed E-state index contributed by atoms with van der Waals surface area (Å²) in [5.41, 5.74) is 4.25. The van der Waals surface area contributed by atoms with E-state index in [1.807, 2.05) is 47.3 Å². The maximum atomic E-state index is 14.1. The lowest BCUT2D eigenvalue weighted by Gasteiger charge is -2.23. The second-order valence-electron chi connectivity index (χ2n) is 10.0. The molecule has 1 N–H and O–H groups in total. The number of nitrogens with zero attached hydrogens (tertiary/aromatic N) is 4. The number of hydrogen-bond donors (Lipinski definition) is 1. The van der Waals surface area contributed by atoms with Gasteiger partial charge in [-0.3, -0.25) is 14.7 Å². The topological polar surface area (TPSA) is 72.3 Å². The molecule has 1 saturated heterocycles. The number of halogens is 1. The third-order valence-corrected chi connectivity index (χ3v) is 8.39. The van der Waals surface area contributed by atoms with Crippen LogP contribution in [0, 0.1) is 5.82 Å². The van der Waals surface area contributed by atoms with Crippen molar-refractivity contribution in [1.29, 1.82) is 0 Å². The van der Waals surface area contributed by atoms with Gasteiger partial charge in [0, 0.05) is 41.6 Å². The molecule has 0 aliphatic carbocycles. The highest BCUT2D eigenvalue weighted by Gasteiger charge is 2.21.